The molecule has 0 atom stereocenters. The van der Waals surface area contributed by atoms with Crippen molar-refractivity contribution in [3.05, 3.63) is 27.8 Å². The van der Waals surface area contributed by atoms with Crippen molar-refractivity contribution in [1.29, 1.82) is 0 Å². The molecule has 0 radical (unpaired) electrons. The molecule has 0 spiro atoms. The van der Waals surface area contributed by atoms with E-state index in [9.17, 15) is 0 Å². The van der Waals surface area contributed by atoms with Gasteiger partial charge in [-0.3, -0.25) is 0 Å². The van der Waals surface area contributed by atoms with Crippen LogP contribution in [0.15, 0.2) is 0 Å². The van der Waals surface area contributed by atoms with Crippen molar-refractivity contribution in [2.24, 2.45) is 0 Å². The standard InChI is InChI=1S/C14H23O.2ClH.Rh/c1-10-11(2)13(4)14(12(10)3)8-6-5-7-9-15;;;/h15H,5-9H2,1-4H3;2*1H;/q-1;;;+3/p-2. The SMILES string of the molecule is Cc1c(C)c(C)[c-](CCCCCO)c1C.[Cl][Rh+][Cl]. The van der Waals surface area contributed by atoms with Gasteiger partial charge in [-0.25, -0.2) is 0 Å². The van der Waals surface area contributed by atoms with Gasteiger partial charge in [-0.1, -0.05) is 47.0 Å². The fourth-order valence-electron chi connectivity index (χ4n) is 2.26. The Kier molecular flexibility index (Phi) is 10.6. The zero-order valence-electron chi connectivity index (χ0n) is 11.6. The molecule has 108 valence electrons. The van der Waals surface area contributed by atoms with E-state index in [0.717, 1.165) is 12.8 Å². The van der Waals surface area contributed by atoms with Gasteiger partial charge >= 0.3 is 34.5 Å². The van der Waals surface area contributed by atoms with Crippen LogP contribution in [0.4, 0.5) is 0 Å². The summed E-state index contributed by atoms with van der Waals surface area (Å²) in [6.45, 7) is 9.23. The molecule has 1 nitrogen and oxygen atoms in total. The van der Waals surface area contributed by atoms with Crippen LogP contribution < -0.4 is 0 Å². The summed E-state index contributed by atoms with van der Waals surface area (Å²) >= 11 is -0.226. The van der Waals surface area contributed by atoms with Crippen LogP contribution in [0.25, 0.3) is 0 Å². The Bertz CT molecular complexity index is 323. The molecule has 1 aromatic carbocycles. The molecular formula is C14H23Cl2ORh. The summed E-state index contributed by atoms with van der Waals surface area (Å²) in [4.78, 5) is 0. The van der Waals surface area contributed by atoms with Crippen LogP contribution in [0.1, 0.15) is 47.1 Å². The van der Waals surface area contributed by atoms with E-state index in [-0.39, 0.29) is 15.1 Å². The van der Waals surface area contributed by atoms with E-state index < -0.39 is 0 Å². The molecule has 1 rings (SSSR count). The molecule has 0 saturated heterocycles. The fourth-order valence-corrected chi connectivity index (χ4v) is 2.26. The third-order valence-corrected chi connectivity index (χ3v) is 3.68. The first kappa shape index (κ1) is 18.5. The summed E-state index contributed by atoms with van der Waals surface area (Å²) in [7, 11) is 9.67. The summed E-state index contributed by atoms with van der Waals surface area (Å²) < 4.78 is 0. The quantitative estimate of drug-likeness (QED) is 0.445. The number of aliphatic hydroxyl groups excluding tert-OH is 1. The van der Waals surface area contributed by atoms with Gasteiger partial charge in [-0.2, -0.15) is 27.8 Å². The predicted octanol–water partition coefficient (Wildman–Crippen LogP) is 4.72. The fraction of sp³-hybridized carbons (Fsp3) is 0.643. The van der Waals surface area contributed by atoms with Gasteiger partial charge in [0.25, 0.3) is 0 Å². The van der Waals surface area contributed by atoms with Gasteiger partial charge in [0.15, 0.2) is 0 Å². The molecule has 0 aliphatic heterocycles. The molecule has 18 heavy (non-hydrogen) atoms. The molecular weight excluding hydrogens is 358 g/mol. The van der Waals surface area contributed by atoms with Crippen molar-refractivity contribution in [2.45, 2.75) is 53.4 Å². The second-order valence-corrected chi connectivity index (χ2v) is 7.05. The minimum atomic E-state index is -0.226. The van der Waals surface area contributed by atoms with Gasteiger partial charge in [0.1, 0.15) is 0 Å². The molecule has 0 saturated carbocycles. The second kappa shape index (κ2) is 10.3. The molecule has 0 heterocycles. The number of hydrogen-bond acceptors (Lipinski definition) is 1. The third-order valence-electron chi connectivity index (χ3n) is 3.68. The Hall–Kier alpha value is 0.513. The van der Waals surface area contributed by atoms with E-state index >= 15 is 0 Å². The van der Waals surface area contributed by atoms with Crippen LogP contribution in [0.5, 0.6) is 0 Å². The maximum atomic E-state index is 8.72. The van der Waals surface area contributed by atoms with E-state index in [1.54, 1.807) is 5.56 Å². The van der Waals surface area contributed by atoms with Crippen LogP contribution in [0.2, 0.25) is 0 Å². The minimum absolute atomic E-state index is 0.226. The molecule has 0 aliphatic rings. The van der Waals surface area contributed by atoms with Crippen LogP contribution in [0, 0.1) is 27.7 Å². The Labute approximate surface area is 127 Å². The van der Waals surface area contributed by atoms with Gasteiger partial charge in [0.05, 0.1) is 0 Å². The van der Waals surface area contributed by atoms with E-state index in [2.05, 4.69) is 27.7 Å². The second-order valence-electron chi connectivity index (χ2n) is 4.56. The number of unbranched alkanes of at least 4 members (excludes halogenated alkanes) is 2. The molecule has 0 fully saturated rings. The van der Waals surface area contributed by atoms with Crippen LogP contribution >= 0.6 is 19.4 Å². The maximum absolute atomic E-state index is 8.72. The van der Waals surface area contributed by atoms with Crippen molar-refractivity contribution in [1.82, 2.24) is 0 Å². The number of hydrogen-bond donors (Lipinski definition) is 1. The van der Waals surface area contributed by atoms with Gasteiger partial charge in [0.2, 0.25) is 0 Å². The zero-order valence-corrected chi connectivity index (χ0v) is 14.7. The van der Waals surface area contributed by atoms with Gasteiger partial charge in [-0.05, 0) is 6.42 Å². The molecule has 4 heteroatoms. The normalized spacial score (nSPS) is 10.4. The summed E-state index contributed by atoms with van der Waals surface area (Å²) in [5.41, 5.74) is 7.43. The molecule has 1 aromatic rings. The van der Waals surface area contributed by atoms with Crippen molar-refractivity contribution in [3.8, 4) is 0 Å². The van der Waals surface area contributed by atoms with Crippen molar-refractivity contribution in [2.75, 3.05) is 6.61 Å². The van der Waals surface area contributed by atoms with Gasteiger partial charge in [0, 0.05) is 6.61 Å². The predicted molar refractivity (Wildman–Crippen MR) is 77.3 cm³/mol. The Morgan fingerprint density at radius 2 is 1.39 bits per heavy atom. The van der Waals surface area contributed by atoms with Crippen LogP contribution in [0.3, 0.4) is 0 Å². The molecule has 0 aliphatic carbocycles. The van der Waals surface area contributed by atoms with E-state index in [1.165, 1.54) is 35.1 Å². The van der Waals surface area contributed by atoms with Crippen molar-refractivity contribution >= 4 is 19.4 Å². The van der Waals surface area contributed by atoms with Crippen molar-refractivity contribution < 1.29 is 20.3 Å². The Balaban J connectivity index is 0.000000873. The summed E-state index contributed by atoms with van der Waals surface area (Å²) in [6.07, 6.45) is 4.45. The number of rotatable bonds is 5. The van der Waals surface area contributed by atoms with Crippen LogP contribution in [-0.4, -0.2) is 11.7 Å². The van der Waals surface area contributed by atoms with E-state index in [4.69, 9.17) is 24.5 Å². The average molecular weight is 381 g/mol. The third kappa shape index (κ3) is 5.65. The van der Waals surface area contributed by atoms with Crippen molar-refractivity contribution in [3.63, 3.8) is 0 Å². The molecule has 0 aromatic heterocycles. The molecule has 0 amide bonds. The first-order valence-corrected chi connectivity index (χ1v) is 10.4. The van der Waals surface area contributed by atoms with Gasteiger partial charge in [-0.15, -0.1) is 0 Å². The van der Waals surface area contributed by atoms with E-state index in [0.29, 0.717) is 6.61 Å². The molecule has 0 bridgehead atoms. The first-order valence-electron chi connectivity index (χ1n) is 6.17. The zero-order chi connectivity index (χ0) is 14.1. The summed E-state index contributed by atoms with van der Waals surface area (Å²) in [5, 5.41) is 8.72. The summed E-state index contributed by atoms with van der Waals surface area (Å²) in [6, 6.07) is 0. The topological polar surface area (TPSA) is 20.2 Å². The first-order chi connectivity index (χ1) is 8.51. The van der Waals surface area contributed by atoms with Gasteiger partial charge < -0.3 is 5.11 Å². The average Bonchev–Trinajstić information content (AvgIpc) is 2.52. The molecule has 0 unspecified atom stereocenters. The summed E-state index contributed by atoms with van der Waals surface area (Å²) in [5.74, 6) is 0. The monoisotopic (exact) mass is 380 g/mol. The Morgan fingerprint density at radius 3 is 1.78 bits per heavy atom. The van der Waals surface area contributed by atoms with Crippen LogP contribution in [-0.2, 0) is 21.6 Å². The van der Waals surface area contributed by atoms with E-state index in [1.807, 2.05) is 0 Å². The Morgan fingerprint density at radius 1 is 0.944 bits per heavy atom. The number of halogens is 2. The number of aliphatic hydroxyl groups is 1. The molecule has 1 N–H and O–H groups in total.